The zero-order chi connectivity index (χ0) is 27.9. The van der Waals surface area contributed by atoms with Crippen LogP contribution in [-0.2, 0) is 9.53 Å². The van der Waals surface area contributed by atoms with Crippen molar-refractivity contribution in [1.82, 2.24) is 4.90 Å². The molecule has 38 heavy (non-hydrogen) atoms. The fraction of sp³-hybridized carbons (Fsp3) is 0.970. The average Bonchev–Trinajstić information content (AvgIpc) is 2.91. The van der Waals surface area contributed by atoms with Crippen molar-refractivity contribution in [3.8, 4) is 0 Å². The lowest BCUT2D eigenvalue weighted by Gasteiger charge is -2.21. The van der Waals surface area contributed by atoms with E-state index in [1.807, 2.05) is 0 Å². The molecule has 5 nitrogen and oxygen atoms in total. The quantitative estimate of drug-likeness (QED) is 0.0679. The van der Waals surface area contributed by atoms with Gasteiger partial charge in [-0.1, -0.05) is 110 Å². The second-order valence-electron chi connectivity index (χ2n) is 11.4. The van der Waals surface area contributed by atoms with Crippen LogP contribution in [0.4, 0.5) is 0 Å². The van der Waals surface area contributed by atoms with Gasteiger partial charge in [0.25, 0.3) is 0 Å². The number of unbranched alkanes of at least 4 members (excludes halogenated alkanes) is 17. The first kappa shape index (κ1) is 37.4. The van der Waals surface area contributed by atoms with Gasteiger partial charge in [-0.05, 0) is 64.5 Å². The summed E-state index contributed by atoms with van der Waals surface area (Å²) in [5.74, 6) is 0.0160. The van der Waals surface area contributed by atoms with Gasteiger partial charge in [0.2, 0.25) is 0 Å². The van der Waals surface area contributed by atoms with Crippen molar-refractivity contribution in [1.29, 1.82) is 0 Å². The molecule has 0 heterocycles. The van der Waals surface area contributed by atoms with E-state index in [9.17, 15) is 9.90 Å². The van der Waals surface area contributed by atoms with Crippen LogP contribution < -0.4 is 0 Å². The molecule has 0 aromatic carbocycles. The number of hydrogen-bond acceptors (Lipinski definition) is 5. The smallest absolute Gasteiger partial charge is 0.306 e. The SMILES string of the molecule is CCCCCCCCC(CCCCCCCC)OC(=O)CCCCCCCN(CCO)CCCCCCO. The lowest BCUT2D eigenvalue weighted by atomic mass is 10.0. The predicted molar refractivity (Wildman–Crippen MR) is 163 cm³/mol. The number of ether oxygens (including phenoxy) is 1. The van der Waals surface area contributed by atoms with Crippen molar-refractivity contribution in [2.45, 2.75) is 174 Å². The Labute approximate surface area is 237 Å². The molecular weight excluding hydrogens is 474 g/mol. The third kappa shape index (κ3) is 26.9. The number of nitrogens with zero attached hydrogens (tertiary/aromatic N) is 1. The third-order valence-corrected chi connectivity index (χ3v) is 7.71. The first-order valence-corrected chi connectivity index (χ1v) is 16.8. The zero-order valence-corrected chi connectivity index (χ0v) is 25.7. The highest BCUT2D eigenvalue weighted by Crippen LogP contribution is 2.18. The van der Waals surface area contributed by atoms with Crippen LogP contribution in [0.25, 0.3) is 0 Å². The van der Waals surface area contributed by atoms with Crippen molar-refractivity contribution in [3.05, 3.63) is 0 Å². The summed E-state index contributed by atoms with van der Waals surface area (Å²) >= 11 is 0. The van der Waals surface area contributed by atoms with Crippen molar-refractivity contribution < 1.29 is 19.7 Å². The predicted octanol–water partition coefficient (Wildman–Crippen LogP) is 8.59. The number of carbonyl (C=O) groups excluding carboxylic acids is 1. The Morgan fingerprint density at radius 1 is 0.553 bits per heavy atom. The van der Waals surface area contributed by atoms with Crippen LogP contribution in [0.3, 0.4) is 0 Å². The molecule has 0 amide bonds. The summed E-state index contributed by atoms with van der Waals surface area (Å²) in [6.45, 7) is 7.86. The molecule has 5 heteroatoms. The van der Waals surface area contributed by atoms with E-state index in [2.05, 4.69) is 18.7 Å². The zero-order valence-electron chi connectivity index (χ0n) is 25.7. The molecule has 0 atom stereocenters. The first-order valence-electron chi connectivity index (χ1n) is 16.8. The number of carbonyl (C=O) groups is 1. The van der Waals surface area contributed by atoms with Gasteiger partial charge in [-0.25, -0.2) is 0 Å². The maximum absolute atomic E-state index is 12.6. The molecule has 0 aliphatic rings. The molecular formula is C33H67NO4. The van der Waals surface area contributed by atoms with Crippen LogP contribution in [0, 0.1) is 0 Å². The Morgan fingerprint density at radius 2 is 1.00 bits per heavy atom. The van der Waals surface area contributed by atoms with Gasteiger partial charge in [-0.3, -0.25) is 4.79 Å². The molecule has 0 unspecified atom stereocenters. The summed E-state index contributed by atoms with van der Waals surface area (Å²) in [5, 5.41) is 18.2. The topological polar surface area (TPSA) is 70.0 Å². The molecule has 0 aliphatic carbocycles. The molecule has 0 aliphatic heterocycles. The van der Waals surface area contributed by atoms with Gasteiger partial charge >= 0.3 is 5.97 Å². The summed E-state index contributed by atoms with van der Waals surface area (Å²) in [6.07, 6.45) is 28.0. The number of esters is 1. The number of aliphatic hydroxyl groups is 2. The van der Waals surface area contributed by atoms with E-state index in [0.717, 1.165) is 83.8 Å². The molecule has 228 valence electrons. The lowest BCUT2D eigenvalue weighted by molar-refractivity contribution is -0.150. The van der Waals surface area contributed by atoms with Crippen molar-refractivity contribution in [3.63, 3.8) is 0 Å². The fourth-order valence-corrected chi connectivity index (χ4v) is 5.22. The normalized spacial score (nSPS) is 11.6. The first-order chi connectivity index (χ1) is 18.7. The second kappa shape index (κ2) is 30.9. The molecule has 0 spiro atoms. The van der Waals surface area contributed by atoms with Gasteiger partial charge in [-0.2, -0.15) is 0 Å². The van der Waals surface area contributed by atoms with Crippen LogP contribution >= 0.6 is 0 Å². The van der Waals surface area contributed by atoms with Gasteiger partial charge < -0.3 is 19.8 Å². The minimum Gasteiger partial charge on any atom is -0.462 e. The minimum absolute atomic E-state index is 0.0160. The van der Waals surface area contributed by atoms with Crippen LogP contribution in [0.1, 0.15) is 168 Å². The van der Waals surface area contributed by atoms with E-state index in [4.69, 9.17) is 9.84 Å². The highest BCUT2D eigenvalue weighted by atomic mass is 16.5. The third-order valence-electron chi connectivity index (χ3n) is 7.71. The molecule has 0 aromatic heterocycles. The molecule has 0 aromatic rings. The summed E-state index contributed by atoms with van der Waals surface area (Å²) in [5.41, 5.74) is 0. The van der Waals surface area contributed by atoms with E-state index in [-0.39, 0.29) is 25.3 Å². The van der Waals surface area contributed by atoms with Crippen LogP contribution in [0.5, 0.6) is 0 Å². The van der Waals surface area contributed by atoms with Crippen LogP contribution in [-0.4, -0.2) is 60.0 Å². The largest absolute Gasteiger partial charge is 0.462 e. The van der Waals surface area contributed by atoms with Gasteiger partial charge in [0.15, 0.2) is 0 Å². The van der Waals surface area contributed by atoms with Gasteiger partial charge in [-0.15, -0.1) is 0 Å². The molecule has 2 N–H and O–H groups in total. The van der Waals surface area contributed by atoms with Crippen molar-refractivity contribution in [2.75, 3.05) is 32.8 Å². The summed E-state index contributed by atoms with van der Waals surface area (Å²) in [6, 6.07) is 0. The van der Waals surface area contributed by atoms with Crippen molar-refractivity contribution in [2.24, 2.45) is 0 Å². The molecule has 0 rings (SSSR count). The number of aliphatic hydroxyl groups excluding tert-OH is 2. The molecule has 0 saturated heterocycles. The van der Waals surface area contributed by atoms with Crippen LogP contribution in [0.2, 0.25) is 0 Å². The Morgan fingerprint density at radius 3 is 1.50 bits per heavy atom. The molecule has 0 fully saturated rings. The van der Waals surface area contributed by atoms with Gasteiger partial charge in [0.05, 0.1) is 6.61 Å². The van der Waals surface area contributed by atoms with Crippen LogP contribution in [0.15, 0.2) is 0 Å². The van der Waals surface area contributed by atoms with E-state index < -0.39 is 0 Å². The van der Waals surface area contributed by atoms with E-state index in [1.165, 1.54) is 83.5 Å². The van der Waals surface area contributed by atoms with Gasteiger partial charge in [0.1, 0.15) is 6.10 Å². The van der Waals surface area contributed by atoms with Crippen molar-refractivity contribution >= 4 is 5.97 Å². The molecule has 0 saturated carbocycles. The maximum Gasteiger partial charge on any atom is 0.306 e. The van der Waals surface area contributed by atoms with E-state index >= 15 is 0 Å². The Hall–Kier alpha value is -0.650. The molecule has 0 bridgehead atoms. The standard InChI is InChI=1S/C33H67NO4/c1-3-5-7-9-12-18-24-32(25-19-13-10-8-6-4-2)38-33(37)26-20-14-11-15-21-27-34(29-31-36)28-22-16-17-23-30-35/h32,35-36H,3-31H2,1-2H3. The Kier molecular flexibility index (Phi) is 30.4. The lowest BCUT2D eigenvalue weighted by Crippen LogP contribution is -2.29. The summed E-state index contributed by atoms with van der Waals surface area (Å²) in [7, 11) is 0. The van der Waals surface area contributed by atoms with E-state index in [0.29, 0.717) is 6.42 Å². The molecule has 0 radical (unpaired) electrons. The second-order valence-corrected chi connectivity index (χ2v) is 11.4. The maximum atomic E-state index is 12.6. The van der Waals surface area contributed by atoms with E-state index in [1.54, 1.807) is 0 Å². The monoisotopic (exact) mass is 542 g/mol. The summed E-state index contributed by atoms with van der Waals surface area (Å²) in [4.78, 5) is 14.9. The Bertz CT molecular complexity index is 458. The number of rotatable bonds is 31. The minimum atomic E-state index is 0.0160. The highest BCUT2D eigenvalue weighted by molar-refractivity contribution is 5.69. The fourth-order valence-electron chi connectivity index (χ4n) is 5.22. The summed E-state index contributed by atoms with van der Waals surface area (Å²) < 4.78 is 5.97. The Balaban J connectivity index is 4.05. The van der Waals surface area contributed by atoms with Gasteiger partial charge in [0, 0.05) is 19.6 Å². The number of hydrogen-bond donors (Lipinski definition) is 2. The highest BCUT2D eigenvalue weighted by Gasteiger charge is 2.14. The average molecular weight is 542 g/mol.